The fourth-order valence-corrected chi connectivity index (χ4v) is 1.62. The number of ether oxygens (including phenoxy) is 1. The van der Waals surface area contributed by atoms with E-state index in [0.717, 1.165) is 19.3 Å². The summed E-state index contributed by atoms with van der Waals surface area (Å²) in [7, 11) is 0. The van der Waals surface area contributed by atoms with Gasteiger partial charge in [-0.05, 0) is 25.7 Å². The van der Waals surface area contributed by atoms with Crippen molar-refractivity contribution in [3.63, 3.8) is 0 Å². The number of unbranched alkanes of at least 4 members (excludes halogenated alkanes) is 1. The first kappa shape index (κ1) is 10.9. The van der Waals surface area contributed by atoms with Crippen LogP contribution < -0.4 is 0 Å². The van der Waals surface area contributed by atoms with E-state index in [0.29, 0.717) is 19.4 Å². The highest BCUT2D eigenvalue weighted by molar-refractivity contribution is 4.82. The summed E-state index contributed by atoms with van der Waals surface area (Å²) in [5.74, 6) is 0. The van der Waals surface area contributed by atoms with Crippen LogP contribution in [0.2, 0.25) is 0 Å². The Bertz CT molecular complexity index is 141. The third-order valence-electron chi connectivity index (χ3n) is 2.50. The van der Waals surface area contributed by atoms with Crippen LogP contribution >= 0.6 is 0 Å². The van der Waals surface area contributed by atoms with Crippen molar-refractivity contribution < 1.29 is 13.5 Å². The van der Waals surface area contributed by atoms with E-state index in [1.165, 1.54) is 0 Å². The quantitative estimate of drug-likeness (QED) is 0.622. The Morgan fingerprint density at radius 2 is 2.08 bits per heavy atom. The Labute approximate surface area is 78.5 Å². The van der Waals surface area contributed by atoms with Crippen LogP contribution in [0, 0.1) is 0 Å². The van der Waals surface area contributed by atoms with Gasteiger partial charge in [-0.2, -0.15) is 0 Å². The van der Waals surface area contributed by atoms with Crippen LogP contribution in [-0.4, -0.2) is 25.1 Å². The van der Waals surface area contributed by atoms with Gasteiger partial charge in [0, 0.05) is 6.61 Å². The van der Waals surface area contributed by atoms with Crippen LogP contribution in [-0.2, 0) is 4.74 Å². The van der Waals surface area contributed by atoms with Crippen molar-refractivity contribution in [2.75, 3.05) is 6.61 Å². The van der Waals surface area contributed by atoms with Crippen LogP contribution in [0.3, 0.4) is 0 Å². The van der Waals surface area contributed by atoms with Crippen LogP contribution in [0.5, 0.6) is 0 Å². The molecule has 3 unspecified atom stereocenters. The van der Waals surface area contributed by atoms with Crippen molar-refractivity contribution >= 4 is 0 Å². The largest absolute Gasteiger partial charge is 0.375 e. The van der Waals surface area contributed by atoms with Gasteiger partial charge in [0.25, 0.3) is 0 Å². The molecule has 0 saturated heterocycles. The predicted molar refractivity (Wildman–Crippen MR) is 48.3 cm³/mol. The summed E-state index contributed by atoms with van der Waals surface area (Å²) in [5.41, 5.74) is 0. The van der Waals surface area contributed by atoms with Crippen molar-refractivity contribution in [2.45, 2.75) is 57.5 Å². The molecule has 0 spiro atoms. The number of rotatable bonds is 4. The maximum Gasteiger partial charge on any atom is 0.157 e. The van der Waals surface area contributed by atoms with Gasteiger partial charge in [0.1, 0.15) is 6.17 Å². The standard InChI is InChI=1S/C10H18F2O/c1-2-3-7-13-9-6-4-5-8(11)10(9)12/h8-10H,2-7H2,1H3. The molecular formula is C10H18F2O. The molecule has 0 aromatic carbocycles. The molecule has 3 atom stereocenters. The zero-order valence-electron chi connectivity index (χ0n) is 8.14. The number of halogens is 2. The molecule has 0 aromatic rings. The molecule has 1 nitrogen and oxygen atoms in total. The van der Waals surface area contributed by atoms with E-state index in [9.17, 15) is 8.78 Å². The molecule has 0 aliphatic heterocycles. The summed E-state index contributed by atoms with van der Waals surface area (Å²) in [6, 6.07) is 0. The number of hydrogen-bond acceptors (Lipinski definition) is 1. The molecule has 0 radical (unpaired) electrons. The van der Waals surface area contributed by atoms with Gasteiger partial charge in [-0.25, -0.2) is 8.78 Å². The topological polar surface area (TPSA) is 9.23 Å². The average Bonchev–Trinajstić information content (AvgIpc) is 2.13. The molecule has 0 heterocycles. The van der Waals surface area contributed by atoms with E-state index in [1.807, 2.05) is 0 Å². The van der Waals surface area contributed by atoms with E-state index in [1.54, 1.807) is 0 Å². The molecule has 0 N–H and O–H groups in total. The lowest BCUT2D eigenvalue weighted by molar-refractivity contribution is -0.0557. The summed E-state index contributed by atoms with van der Waals surface area (Å²) in [4.78, 5) is 0. The Kier molecular flexibility index (Phi) is 4.64. The smallest absolute Gasteiger partial charge is 0.157 e. The summed E-state index contributed by atoms with van der Waals surface area (Å²) >= 11 is 0. The van der Waals surface area contributed by atoms with Crippen LogP contribution in [0.15, 0.2) is 0 Å². The highest BCUT2D eigenvalue weighted by Gasteiger charge is 2.33. The Balaban J connectivity index is 2.23. The second-order valence-corrected chi connectivity index (χ2v) is 3.65. The molecule has 3 heteroatoms. The molecule has 1 fully saturated rings. The summed E-state index contributed by atoms with van der Waals surface area (Å²) in [6.07, 6.45) is 0.544. The van der Waals surface area contributed by atoms with Gasteiger partial charge in [-0.1, -0.05) is 13.3 Å². The van der Waals surface area contributed by atoms with Crippen molar-refractivity contribution in [1.29, 1.82) is 0 Å². The Morgan fingerprint density at radius 1 is 1.31 bits per heavy atom. The number of hydrogen-bond donors (Lipinski definition) is 0. The summed E-state index contributed by atoms with van der Waals surface area (Å²) < 4.78 is 31.3. The van der Waals surface area contributed by atoms with E-state index in [4.69, 9.17) is 4.74 Å². The highest BCUT2D eigenvalue weighted by Crippen LogP contribution is 2.26. The molecule has 1 aliphatic rings. The summed E-state index contributed by atoms with van der Waals surface area (Å²) in [5, 5.41) is 0. The first-order valence-corrected chi connectivity index (χ1v) is 5.15. The third kappa shape index (κ3) is 3.22. The second-order valence-electron chi connectivity index (χ2n) is 3.65. The van der Waals surface area contributed by atoms with E-state index in [2.05, 4.69) is 6.92 Å². The molecule has 0 bridgehead atoms. The lowest BCUT2D eigenvalue weighted by Crippen LogP contribution is -2.37. The number of alkyl halides is 2. The van der Waals surface area contributed by atoms with Gasteiger partial charge in [-0.3, -0.25) is 0 Å². The van der Waals surface area contributed by atoms with Crippen LogP contribution in [0.1, 0.15) is 39.0 Å². The molecule has 1 saturated carbocycles. The maximum atomic E-state index is 13.2. The normalized spacial score (nSPS) is 34.8. The second kappa shape index (κ2) is 5.53. The highest BCUT2D eigenvalue weighted by atomic mass is 19.2. The minimum Gasteiger partial charge on any atom is -0.375 e. The van der Waals surface area contributed by atoms with Crippen LogP contribution in [0.4, 0.5) is 8.78 Å². The first-order chi connectivity index (χ1) is 6.25. The summed E-state index contributed by atoms with van der Waals surface area (Å²) in [6.45, 7) is 2.61. The van der Waals surface area contributed by atoms with Gasteiger partial charge in [0.2, 0.25) is 0 Å². The molecule has 1 rings (SSSR count). The molecular weight excluding hydrogens is 174 g/mol. The lowest BCUT2D eigenvalue weighted by Gasteiger charge is -2.28. The zero-order chi connectivity index (χ0) is 9.68. The van der Waals surface area contributed by atoms with Gasteiger partial charge < -0.3 is 4.74 Å². The molecule has 0 amide bonds. The van der Waals surface area contributed by atoms with Crippen molar-refractivity contribution in [1.82, 2.24) is 0 Å². The lowest BCUT2D eigenvalue weighted by atomic mass is 9.94. The Morgan fingerprint density at radius 3 is 2.77 bits per heavy atom. The molecule has 78 valence electrons. The van der Waals surface area contributed by atoms with Gasteiger partial charge in [0.15, 0.2) is 6.17 Å². The van der Waals surface area contributed by atoms with Gasteiger partial charge in [0.05, 0.1) is 6.10 Å². The molecule has 1 aliphatic carbocycles. The van der Waals surface area contributed by atoms with Gasteiger partial charge >= 0.3 is 0 Å². The first-order valence-electron chi connectivity index (χ1n) is 5.15. The van der Waals surface area contributed by atoms with Crippen molar-refractivity contribution in [3.05, 3.63) is 0 Å². The average molecular weight is 192 g/mol. The minimum atomic E-state index is -1.40. The fourth-order valence-electron chi connectivity index (χ4n) is 1.62. The molecule has 0 aromatic heterocycles. The van der Waals surface area contributed by atoms with Gasteiger partial charge in [-0.15, -0.1) is 0 Å². The zero-order valence-corrected chi connectivity index (χ0v) is 8.14. The third-order valence-corrected chi connectivity index (χ3v) is 2.50. The van der Waals surface area contributed by atoms with Crippen molar-refractivity contribution in [3.8, 4) is 0 Å². The minimum absolute atomic E-state index is 0.356. The maximum absolute atomic E-state index is 13.2. The fraction of sp³-hybridized carbons (Fsp3) is 1.00. The van der Waals surface area contributed by atoms with E-state index in [-0.39, 0.29) is 0 Å². The molecule has 13 heavy (non-hydrogen) atoms. The predicted octanol–water partition coefficient (Wildman–Crippen LogP) is 3.03. The van der Waals surface area contributed by atoms with Crippen molar-refractivity contribution in [2.24, 2.45) is 0 Å². The Hall–Kier alpha value is -0.180. The SMILES string of the molecule is CCCCOC1CCCC(F)C1F. The van der Waals surface area contributed by atoms with E-state index < -0.39 is 18.4 Å². The van der Waals surface area contributed by atoms with E-state index >= 15 is 0 Å². The monoisotopic (exact) mass is 192 g/mol. The van der Waals surface area contributed by atoms with Crippen LogP contribution in [0.25, 0.3) is 0 Å².